The van der Waals surface area contributed by atoms with Crippen molar-refractivity contribution < 1.29 is 9.18 Å². The van der Waals surface area contributed by atoms with Crippen LogP contribution < -0.4 is 10.2 Å². The number of rotatable bonds is 2. The second-order valence-corrected chi connectivity index (χ2v) is 6.45. The molecule has 1 amide bonds. The van der Waals surface area contributed by atoms with Gasteiger partial charge in [0.05, 0.1) is 11.7 Å². The van der Waals surface area contributed by atoms with Crippen molar-refractivity contribution in [2.24, 2.45) is 0 Å². The van der Waals surface area contributed by atoms with Crippen molar-refractivity contribution in [2.45, 2.75) is 19.0 Å². The van der Waals surface area contributed by atoms with Crippen LogP contribution in [0.2, 0.25) is 0 Å². The molecular weight excluding hydrogens is 305 g/mol. The quantitative estimate of drug-likeness (QED) is 0.922. The molecule has 0 saturated carbocycles. The average molecular weight is 325 g/mol. The number of para-hydroxylation sites is 1. The number of hydrogen-bond acceptors (Lipinski definition) is 3. The fourth-order valence-electron chi connectivity index (χ4n) is 3.68. The van der Waals surface area contributed by atoms with Crippen LogP contribution >= 0.6 is 0 Å². The van der Waals surface area contributed by atoms with E-state index in [4.69, 9.17) is 0 Å². The summed E-state index contributed by atoms with van der Waals surface area (Å²) >= 11 is 0. The van der Waals surface area contributed by atoms with Crippen LogP contribution in [0.5, 0.6) is 0 Å². The van der Waals surface area contributed by atoms with Crippen molar-refractivity contribution >= 4 is 17.3 Å². The second-order valence-electron chi connectivity index (χ2n) is 6.45. The number of piperazine rings is 1. The summed E-state index contributed by atoms with van der Waals surface area (Å²) in [7, 11) is 0. The van der Waals surface area contributed by atoms with E-state index in [1.165, 1.54) is 11.6 Å². The number of carbonyl (C=O) groups is 1. The molecule has 1 N–H and O–H groups in total. The number of benzene rings is 2. The van der Waals surface area contributed by atoms with Gasteiger partial charge in [0.1, 0.15) is 11.5 Å². The van der Waals surface area contributed by atoms with Gasteiger partial charge in [-0.2, -0.15) is 0 Å². The lowest BCUT2D eigenvalue weighted by Gasteiger charge is -2.42. The van der Waals surface area contributed by atoms with E-state index in [9.17, 15) is 9.18 Å². The van der Waals surface area contributed by atoms with Gasteiger partial charge in [-0.05, 0) is 17.7 Å². The van der Waals surface area contributed by atoms with E-state index in [2.05, 4.69) is 27.2 Å². The molecule has 2 aromatic rings. The molecule has 4 rings (SSSR count). The zero-order chi connectivity index (χ0) is 16.5. The van der Waals surface area contributed by atoms with Crippen molar-refractivity contribution in [2.75, 3.05) is 29.9 Å². The lowest BCUT2D eigenvalue weighted by molar-refractivity contribution is -0.116. The van der Waals surface area contributed by atoms with Crippen LogP contribution in [-0.2, 0) is 11.3 Å². The smallest absolute Gasteiger partial charge is 0.226 e. The van der Waals surface area contributed by atoms with Gasteiger partial charge in [-0.3, -0.25) is 9.69 Å². The molecule has 24 heavy (non-hydrogen) atoms. The normalized spacial score (nSPS) is 20.8. The van der Waals surface area contributed by atoms with Crippen LogP contribution in [0.3, 0.4) is 0 Å². The van der Waals surface area contributed by atoms with Gasteiger partial charge in [-0.1, -0.05) is 36.4 Å². The number of nitrogens with one attached hydrogen (secondary N) is 1. The maximum Gasteiger partial charge on any atom is 0.226 e. The summed E-state index contributed by atoms with van der Waals surface area (Å²) in [5.41, 5.74) is 2.39. The molecule has 124 valence electrons. The molecular formula is C19H20FN3O. The van der Waals surface area contributed by atoms with Crippen LogP contribution in [0.4, 0.5) is 15.8 Å². The first kappa shape index (κ1) is 15.1. The Labute approximate surface area is 140 Å². The fraction of sp³-hybridized carbons (Fsp3) is 0.316. The summed E-state index contributed by atoms with van der Waals surface area (Å²) in [5.74, 6) is -0.483. The maximum absolute atomic E-state index is 14.1. The first-order valence-electron chi connectivity index (χ1n) is 8.32. The highest BCUT2D eigenvalue weighted by Gasteiger charge is 2.33. The molecule has 0 aromatic heterocycles. The van der Waals surface area contributed by atoms with E-state index in [1.807, 2.05) is 24.3 Å². The number of hydrogen-bond donors (Lipinski definition) is 1. The van der Waals surface area contributed by atoms with Crippen molar-refractivity contribution in [1.29, 1.82) is 0 Å². The molecule has 0 aliphatic carbocycles. The monoisotopic (exact) mass is 325 g/mol. The van der Waals surface area contributed by atoms with Crippen molar-refractivity contribution in [3.8, 4) is 0 Å². The van der Waals surface area contributed by atoms with Gasteiger partial charge in [0.2, 0.25) is 5.91 Å². The molecule has 1 fully saturated rings. The SMILES string of the molecule is O=C1C[C@@H]2CN(Cc3ccccc3)CCN2c2cccc(F)c2N1. The third-order valence-corrected chi connectivity index (χ3v) is 4.80. The van der Waals surface area contributed by atoms with Crippen LogP contribution in [0, 0.1) is 5.82 Å². The molecule has 5 heteroatoms. The van der Waals surface area contributed by atoms with Crippen LogP contribution in [0.15, 0.2) is 48.5 Å². The Morgan fingerprint density at radius 3 is 2.75 bits per heavy atom. The van der Waals surface area contributed by atoms with Gasteiger partial charge in [0, 0.05) is 32.6 Å². The molecule has 4 nitrogen and oxygen atoms in total. The first-order valence-corrected chi connectivity index (χ1v) is 8.32. The Hall–Kier alpha value is -2.40. The lowest BCUT2D eigenvalue weighted by Crippen LogP contribution is -2.53. The van der Waals surface area contributed by atoms with E-state index in [-0.39, 0.29) is 17.8 Å². The van der Waals surface area contributed by atoms with Crippen LogP contribution in [0.25, 0.3) is 0 Å². The topological polar surface area (TPSA) is 35.6 Å². The maximum atomic E-state index is 14.1. The highest BCUT2D eigenvalue weighted by Crippen LogP contribution is 2.35. The Morgan fingerprint density at radius 1 is 1.08 bits per heavy atom. The summed E-state index contributed by atoms with van der Waals surface area (Å²) in [6.07, 6.45) is 0.388. The number of amides is 1. The van der Waals surface area contributed by atoms with E-state index in [0.717, 1.165) is 31.9 Å². The van der Waals surface area contributed by atoms with Gasteiger partial charge >= 0.3 is 0 Å². The Bertz CT molecular complexity index is 750. The van der Waals surface area contributed by atoms with Crippen LogP contribution in [0.1, 0.15) is 12.0 Å². The number of fused-ring (bicyclic) bond motifs is 3. The third-order valence-electron chi connectivity index (χ3n) is 4.80. The average Bonchev–Trinajstić information content (AvgIpc) is 2.72. The highest BCUT2D eigenvalue weighted by molar-refractivity contribution is 5.97. The Balaban J connectivity index is 1.57. The molecule has 0 bridgehead atoms. The van der Waals surface area contributed by atoms with Gasteiger partial charge in [-0.15, -0.1) is 0 Å². The minimum absolute atomic E-state index is 0.0745. The summed E-state index contributed by atoms with van der Waals surface area (Å²) in [5, 5.41) is 2.74. The van der Waals surface area contributed by atoms with Crippen molar-refractivity contribution in [3.05, 3.63) is 59.9 Å². The predicted octanol–water partition coefficient (Wildman–Crippen LogP) is 2.86. The van der Waals surface area contributed by atoms with Crippen LogP contribution in [-0.4, -0.2) is 36.5 Å². The Morgan fingerprint density at radius 2 is 1.92 bits per heavy atom. The van der Waals surface area contributed by atoms with E-state index < -0.39 is 0 Å². The minimum atomic E-state index is -0.367. The van der Waals surface area contributed by atoms with Gasteiger partial charge in [0.15, 0.2) is 0 Å². The second kappa shape index (κ2) is 6.24. The molecule has 2 aromatic carbocycles. The van der Waals surface area contributed by atoms with Gasteiger partial charge in [-0.25, -0.2) is 4.39 Å². The molecule has 2 aliphatic rings. The van der Waals surface area contributed by atoms with Crippen molar-refractivity contribution in [1.82, 2.24) is 4.90 Å². The summed E-state index contributed by atoms with van der Waals surface area (Å²) < 4.78 is 14.1. The predicted molar refractivity (Wildman–Crippen MR) is 92.5 cm³/mol. The van der Waals surface area contributed by atoms with E-state index >= 15 is 0 Å². The zero-order valence-electron chi connectivity index (χ0n) is 13.4. The molecule has 0 unspecified atom stereocenters. The first-order chi connectivity index (χ1) is 11.7. The molecule has 0 spiro atoms. The lowest BCUT2D eigenvalue weighted by atomic mass is 10.1. The standard InChI is InChI=1S/C19H20FN3O/c20-16-7-4-8-17-19(16)21-18(24)11-15-13-22(9-10-23(15)17)12-14-5-2-1-3-6-14/h1-8,15H,9-13H2,(H,21,24)/t15-/m1/s1. The van der Waals surface area contributed by atoms with E-state index in [0.29, 0.717) is 12.1 Å². The zero-order valence-corrected chi connectivity index (χ0v) is 13.4. The summed E-state index contributed by atoms with van der Waals surface area (Å²) in [4.78, 5) is 16.7. The Kier molecular flexibility index (Phi) is 3.94. The summed E-state index contributed by atoms with van der Waals surface area (Å²) in [6.45, 7) is 3.37. The fourth-order valence-corrected chi connectivity index (χ4v) is 3.68. The van der Waals surface area contributed by atoms with E-state index in [1.54, 1.807) is 6.07 Å². The minimum Gasteiger partial charge on any atom is -0.364 e. The third kappa shape index (κ3) is 2.87. The molecule has 2 aliphatic heterocycles. The number of carbonyl (C=O) groups excluding carboxylic acids is 1. The molecule has 0 radical (unpaired) electrons. The van der Waals surface area contributed by atoms with Gasteiger partial charge in [0.25, 0.3) is 0 Å². The molecule has 2 heterocycles. The highest BCUT2D eigenvalue weighted by atomic mass is 19.1. The summed E-state index contributed by atoms with van der Waals surface area (Å²) in [6, 6.07) is 15.4. The van der Waals surface area contributed by atoms with Gasteiger partial charge < -0.3 is 10.2 Å². The molecule has 1 saturated heterocycles. The number of halogens is 1. The van der Waals surface area contributed by atoms with Crippen molar-refractivity contribution in [3.63, 3.8) is 0 Å². The number of anilines is 2. The number of nitrogens with zero attached hydrogens (tertiary/aromatic N) is 2. The largest absolute Gasteiger partial charge is 0.364 e. The molecule has 1 atom stereocenters.